The number of benzene rings is 1. The van der Waals surface area contributed by atoms with Crippen molar-refractivity contribution in [2.24, 2.45) is 0 Å². The number of rotatable bonds is 5. The summed E-state index contributed by atoms with van der Waals surface area (Å²) in [5, 5.41) is 0.706. The van der Waals surface area contributed by atoms with Crippen LogP contribution in [0, 0.1) is 13.8 Å². The number of aromatic amines is 1. The lowest BCUT2D eigenvalue weighted by molar-refractivity contribution is 0.0599. The van der Waals surface area contributed by atoms with Crippen LogP contribution in [0.1, 0.15) is 39.0 Å². The maximum atomic E-state index is 13.0. The Labute approximate surface area is 156 Å². The van der Waals surface area contributed by atoms with Crippen molar-refractivity contribution in [1.29, 1.82) is 0 Å². The van der Waals surface area contributed by atoms with Crippen molar-refractivity contribution in [1.82, 2.24) is 9.97 Å². The van der Waals surface area contributed by atoms with Crippen LogP contribution in [0.25, 0.3) is 10.9 Å². The molecule has 0 saturated carbocycles. The van der Waals surface area contributed by atoms with E-state index in [-0.39, 0.29) is 11.0 Å². The van der Waals surface area contributed by atoms with Gasteiger partial charge >= 0.3 is 5.97 Å². The largest absolute Gasteiger partial charge is 0.465 e. The number of nitrogens with one attached hydrogen (secondary N) is 1. The second kappa shape index (κ2) is 7.33. The highest BCUT2D eigenvalue weighted by molar-refractivity contribution is 8.00. The molecule has 0 aliphatic heterocycles. The van der Waals surface area contributed by atoms with Crippen LogP contribution >= 0.6 is 11.8 Å². The van der Waals surface area contributed by atoms with Crippen LogP contribution in [-0.4, -0.2) is 34.1 Å². The Hall–Kier alpha value is -2.60. The van der Waals surface area contributed by atoms with Crippen molar-refractivity contribution in [3.8, 4) is 0 Å². The molecular weight excluding hydrogens is 348 g/mol. The molecule has 1 aromatic carbocycles. The van der Waals surface area contributed by atoms with Crippen LogP contribution in [-0.2, 0) is 4.74 Å². The number of pyridine rings is 1. The quantitative estimate of drug-likeness (QED) is 0.412. The number of ether oxygens (including phenoxy) is 1. The van der Waals surface area contributed by atoms with E-state index in [1.807, 2.05) is 37.3 Å². The lowest BCUT2D eigenvalue weighted by Crippen LogP contribution is -2.15. The number of thioether (sulfide) groups is 1. The van der Waals surface area contributed by atoms with Crippen LogP contribution in [0.15, 0.2) is 41.4 Å². The first kappa shape index (κ1) is 18.2. The van der Waals surface area contributed by atoms with Gasteiger partial charge in [-0.05, 0) is 38.5 Å². The summed E-state index contributed by atoms with van der Waals surface area (Å²) >= 11 is 1.49. The zero-order valence-corrected chi connectivity index (χ0v) is 15.9. The average Bonchev–Trinajstić information content (AvgIpc) is 2.95. The Kier molecular flexibility index (Phi) is 5.13. The molecule has 134 valence electrons. The number of carbonyl (C=O) groups excluding carboxylic acids is 2. The number of Topliss-reactive ketones (excluding diaryl/α,β-unsaturated/α-hetero) is 1. The number of hydrogen-bond acceptors (Lipinski definition) is 5. The third-order valence-corrected chi connectivity index (χ3v) is 5.53. The first-order chi connectivity index (χ1) is 12.4. The van der Waals surface area contributed by atoms with Crippen molar-refractivity contribution in [3.05, 3.63) is 59.0 Å². The van der Waals surface area contributed by atoms with E-state index < -0.39 is 5.97 Å². The summed E-state index contributed by atoms with van der Waals surface area (Å²) in [5.74, 6) is -0.484. The number of methoxy groups -OCH3 is 1. The Morgan fingerprint density at radius 2 is 1.92 bits per heavy atom. The number of hydrogen-bond donors (Lipinski definition) is 1. The minimum atomic E-state index is -0.435. The van der Waals surface area contributed by atoms with Crippen LogP contribution in [0.5, 0.6) is 0 Å². The Morgan fingerprint density at radius 3 is 2.65 bits per heavy atom. The first-order valence-electron chi connectivity index (χ1n) is 8.26. The van der Waals surface area contributed by atoms with Crippen LogP contribution < -0.4 is 0 Å². The fourth-order valence-electron chi connectivity index (χ4n) is 3.02. The highest BCUT2D eigenvalue weighted by Gasteiger charge is 2.26. The Bertz CT molecular complexity index is 989. The minimum Gasteiger partial charge on any atom is -0.465 e. The third kappa shape index (κ3) is 3.24. The van der Waals surface area contributed by atoms with Gasteiger partial charge in [0.05, 0.1) is 29.1 Å². The maximum absolute atomic E-state index is 13.0. The molecule has 1 unspecified atom stereocenters. The van der Waals surface area contributed by atoms with Crippen molar-refractivity contribution in [2.45, 2.75) is 30.9 Å². The summed E-state index contributed by atoms with van der Waals surface area (Å²) in [4.78, 5) is 33.3. The van der Waals surface area contributed by atoms with E-state index in [2.05, 4.69) is 9.97 Å². The molecule has 0 aliphatic rings. The van der Waals surface area contributed by atoms with Gasteiger partial charge in [0.15, 0.2) is 5.78 Å². The number of H-pyrrole nitrogens is 1. The average molecular weight is 368 g/mol. The smallest absolute Gasteiger partial charge is 0.339 e. The molecule has 1 atom stereocenters. The van der Waals surface area contributed by atoms with Crippen LogP contribution in [0.4, 0.5) is 0 Å². The fourth-order valence-corrected chi connectivity index (χ4v) is 4.07. The molecule has 1 N–H and O–H groups in total. The third-order valence-electron chi connectivity index (χ3n) is 4.36. The van der Waals surface area contributed by atoms with E-state index in [9.17, 15) is 9.59 Å². The van der Waals surface area contributed by atoms with Crippen LogP contribution in [0.3, 0.4) is 0 Å². The van der Waals surface area contributed by atoms with Gasteiger partial charge in [-0.15, -0.1) is 11.8 Å². The van der Waals surface area contributed by atoms with E-state index in [0.717, 1.165) is 15.8 Å². The normalized spacial score (nSPS) is 12.2. The molecule has 0 saturated heterocycles. The van der Waals surface area contributed by atoms with E-state index in [4.69, 9.17) is 4.74 Å². The van der Waals surface area contributed by atoms with Gasteiger partial charge in [-0.1, -0.05) is 18.2 Å². The molecule has 0 aliphatic carbocycles. The van der Waals surface area contributed by atoms with Gasteiger partial charge in [-0.25, -0.2) is 4.79 Å². The number of ketones is 1. The summed E-state index contributed by atoms with van der Waals surface area (Å²) in [6, 6.07) is 9.77. The van der Waals surface area contributed by atoms with E-state index >= 15 is 0 Å². The summed E-state index contributed by atoms with van der Waals surface area (Å²) in [6.07, 6.45) is 1.75. The van der Waals surface area contributed by atoms with Gasteiger partial charge in [0.2, 0.25) is 0 Å². The lowest BCUT2D eigenvalue weighted by atomic mass is 10.1. The molecule has 0 radical (unpaired) electrons. The maximum Gasteiger partial charge on any atom is 0.339 e. The van der Waals surface area contributed by atoms with Crippen LogP contribution in [0.2, 0.25) is 0 Å². The van der Waals surface area contributed by atoms with Gasteiger partial charge in [-0.3, -0.25) is 9.78 Å². The number of carbonyl (C=O) groups is 2. The van der Waals surface area contributed by atoms with E-state index in [1.54, 1.807) is 20.0 Å². The Balaban J connectivity index is 1.90. The fraction of sp³-hybridized carbons (Fsp3) is 0.250. The highest BCUT2D eigenvalue weighted by Crippen LogP contribution is 2.32. The summed E-state index contributed by atoms with van der Waals surface area (Å²) < 4.78 is 4.81. The Morgan fingerprint density at radius 1 is 1.19 bits per heavy atom. The SMILES string of the molecule is COC(=O)c1c(C)[nH]c(C(=O)C(C)Sc2ccnc3ccccc23)c1C. The molecule has 2 aromatic heterocycles. The molecule has 0 fully saturated rings. The predicted octanol–water partition coefficient (Wildman–Crippen LogP) is 4.33. The summed E-state index contributed by atoms with van der Waals surface area (Å²) in [7, 11) is 1.34. The number of nitrogens with zero attached hydrogens (tertiary/aromatic N) is 1. The standard InChI is InChI=1S/C20H20N2O3S/c1-11-17(20(24)25-4)12(2)22-18(11)19(23)13(3)26-16-9-10-21-15-8-6-5-7-14(15)16/h5-10,13,22H,1-4H3. The zero-order valence-electron chi connectivity index (χ0n) is 15.1. The summed E-state index contributed by atoms with van der Waals surface area (Å²) in [6.45, 7) is 5.40. The van der Waals surface area contributed by atoms with Crippen molar-refractivity contribution in [2.75, 3.05) is 7.11 Å². The van der Waals surface area contributed by atoms with Gasteiger partial charge < -0.3 is 9.72 Å². The van der Waals surface area contributed by atoms with Gasteiger partial charge in [-0.2, -0.15) is 0 Å². The van der Waals surface area contributed by atoms with Gasteiger partial charge in [0.25, 0.3) is 0 Å². The van der Waals surface area contributed by atoms with E-state index in [1.165, 1.54) is 18.9 Å². The monoisotopic (exact) mass is 368 g/mol. The number of esters is 1. The lowest BCUT2D eigenvalue weighted by Gasteiger charge is -2.12. The summed E-state index contributed by atoms with van der Waals surface area (Å²) in [5.41, 5.74) is 3.07. The molecule has 0 bridgehead atoms. The van der Waals surface area contributed by atoms with Crippen molar-refractivity contribution >= 4 is 34.4 Å². The molecule has 3 aromatic rings. The predicted molar refractivity (Wildman–Crippen MR) is 103 cm³/mol. The highest BCUT2D eigenvalue weighted by atomic mass is 32.2. The minimum absolute atomic E-state index is 0.0494. The van der Waals surface area contributed by atoms with E-state index in [0.29, 0.717) is 22.5 Å². The molecule has 6 heteroatoms. The molecule has 26 heavy (non-hydrogen) atoms. The molecular formula is C20H20N2O3S. The second-order valence-corrected chi connectivity index (χ2v) is 7.45. The topological polar surface area (TPSA) is 72.1 Å². The molecule has 3 rings (SSSR count). The molecule has 2 heterocycles. The second-order valence-electron chi connectivity index (χ2n) is 6.07. The van der Waals surface area contributed by atoms with Gasteiger partial charge in [0.1, 0.15) is 0 Å². The molecule has 5 nitrogen and oxygen atoms in total. The van der Waals surface area contributed by atoms with Crippen molar-refractivity contribution in [3.63, 3.8) is 0 Å². The van der Waals surface area contributed by atoms with Crippen molar-refractivity contribution < 1.29 is 14.3 Å². The number of fused-ring (bicyclic) bond motifs is 1. The number of para-hydroxylation sites is 1. The molecule has 0 amide bonds. The van der Waals surface area contributed by atoms with Gasteiger partial charge in [0, 0.05) is 22.2 Å². The molecule has 0 spiro atoms. The number of aryl methyl sites for hydroxylation is 1. The number of aromatic nitrogens is 2. The first-order valence-corrected chi connectivity index (χ1v) is 9.14. The zero-order chi connectivity index (χ0) is 18.8.